The summed E-state index contributed by atoms with van der Waals surface area (Å²) >= 11 is 1.43. The molecule has 1 heterocycles. The average Bonchev–Trinajstić information content (AvgIpc) is 3.38. The van der Waals surface area contributed by atoms with Crippen molar-refractivity contribution in [1.82, 2.24) is 4.90 Å². The molecular formula is C33H38ClNO9S. The van der Waals surface area contributed by atoms with Crippen LogP contribution in [0.4, 0.5) is 0 Å². The number of thiophene rings is 1. The summed E-state index contributed by atoms with van der Waals surface area (Å²) in [5.41, 5.74) is 1.90. The summed E-state index contributed by atoms with van der Waals surface area (Å²) in [5, 5.41) is 29.0. The van der Waals surface area contributed by atoms with Crippen molar-refractivity contribution < 1.29 is 43.9 Å². The number of carboxylic acids is 1. The number of aromatic hydroxyl groups is 2. The maximum atomic E-state index is 13.7. The van der Waals surface area contributed by atoms with Crippen LogP contribution in [0.25, 0.3) is 20.5 Å². The number of nitrogens with zero attached hydrogens (tertiary/aromatic N) is 1. The molecule has 3 N–H and O–H groups in total. The van der Waals surface area contributed by atoms with Gasteiger partial charge in [-0.2, -0.15) is 0 Å². The lowest BCUT2D eigenvalue weighted by molar-refractivity contribution is -0.142. The van der Waals surface area contributed by atoms with Crippen molar-refractivity contribution in [2.45, 2.75) is 6.42 Å². The van der Waals surface area contributed by atoms with Crippen molar-refractivity contribution in [3.05, 3.63) is 77.9 Å². The minimum Gasteiger partial charge on any atom is -0.508 e. The summed E-state index contributed by atoms with van der Waals surface area (Å²) in [4.78, 5) is 27.0. The van der Waals surface area contributed by atoms with Gasteiger partial charge < -0.3 is 39.2 Å². The molecule has 0 radical (unpaired) electrons. The predicted molar refractivity (Wildman–Crippen MR) is 175 cm³/mol. The van der Waals surface area contributed by atoms with E-state index in [4.69, 9.17) is 24.1 Å². The molecule has 0 spiro atoms. The number of hydrogen-bond donors (Lipinski definition) is 3. The number of benzene rings is 3. The average molecular weight is 660 g/mol. The number of ether oxygens (including phenoxy) is 4. The van der Waals surface area contributed by atoms with Crippen molar-refractivity contribution in [3.63, 3.8) is 0 Å². The third-order valence-corrected chi connectivity index (χ3v) is 7.89. The fourth-order valence-corrected chi connectivity index (χ4v) is 5.68. The zero-order valence-electron chi connectivity index (χ0n) is 25.0. The van der Waals surface area contributed by atoms with Crippen molar-refractivity contribution >= 4 is 45.6 Å². The van der Waals surface area contributed by atoms with Crippen LogP contribution in [-0.4, -0.2) is 98.4 Å². The Kier molecular flexibility index (Phi) is 14.5. The lowest BCUT2D eigenvalue weighted by atomic mass is 9.97. The molecule has 242 valence electrons. The van der Waals surface area contributed by atoms with Crippen molar-refractivity contribution in [2.24, 2.45) is 0 Å². The minimum absolute atomic E-state index is 0. The van der Waals surface area contributed by atoms with Gasteiger partial charge in [0.05, 0.1) is 26.4 Å². The third kappa shape index (κ3) is 11.0. The molecule has 0 fully saturated rings. The highest BCUT2D eigenvalue weighted by Crippen LogP contribution is 2.41. The molecule has 0 amide bonds. The molecule has 0 aliphatic rings. The Bertz CT molecular complexity index is 1510. The lowest BCUT2D eigenvalue weighted by Gasteiger charge is -2.17. The first-order valence-electron chi connectivity index (χ1n) is 14.3. The van der Waals surface area contributed by atoms with Crippen LogP contribution < -0.4 is 4.74 Å². The maximum absolute atomic E-state index is 13.7. The SMILES string of the molecule is CN(CCCOCCOCCOCC(=O)O)CCOc1ccc(C(=O)c2c(-c3ccc(O)cc3)sc3cc(O)ccc23)cc1.Cl. The van der Waals surface area contributed by atoms with Crippen LogP contribution >= 0.6 is 23.7 Å². The van der Waals surface area contributed by atoms with Gasteiger partial charge >= 0.3 is 5.97 Å². The highest BCUT2D eigenvalue weighted by Gasteiger charge is 2.22. The van der Waals surface area contributed by atoms with Gasteiger partial charge in [-0.05, 0) is 85.8 Å². The molecule has 0 aliphatic carbocycles. The quantitative estimate of drug-likeness (QED) is 0.0879. The minimum atomic E-state index is -0.998. The molecule has 3 aromatic carbocycles. The number of ketones is 1. The number of phenols is 2. The summed E-state index contributed by atoms with van der Waals surface area (Å²) in [6.45, 7) is 3.81. The molecule has 12 heteroatoms. The zero-order valence-corrected chi connectivity index (χ0v) is 26.6. The van der Waals surface area contributed by atoms with Crippen LogP contribution in [-0.2, 0) is 19.0 Å². The number of hydrogen-bond acceptors (Lipinski definition) is 10. The van der Waals surface area contributed by atoms with E-state index in [9.17, 15) is 19.8 Å². The molecule has 0 saturated carbocycles. The van der Waals surface area contributed by atoms with Crippen LogP contribution in [0.5, 0.6) is 17.2 Å². The number of phenolic OH excluding ortho intramolecular Hbond substituents is 2. The fourth-order valence-electron chi connectivity index (χ4n) is 4.44. The van der Waals surface area contributed by atoms with Crippen LogP contribution in [0.1, 0.15) is 22.3 Å². The topological polar surface area (TPSA) is 135 Å². The normalized spacial score (nSPS) is 11.1. The molecule has 4 aromatic rings. The van der Waals surface area contributed by atoms with Crippen molar-refractivity contribution in [3.8, 4) is 27.7 Å². The standard InChI is InChI=1S/C33H37NO9S.ClH/c1-34(13-2-15-40-17-18-41-19-20-42-22-30(37)38)14-16-43-27-10-5-23(6-11-27)32(39)31-28-12-9-26(36)21-29(28)44-33(31)24-3-7-25(35)8-4-24;/h3-12,21,35-36H,2,13-20,22H2,1H3,(H,37,38);1H. The van der Waals surface area contributed by atoms with Gasteiger partial charge in [-0.15, -0.1) is 23.7 Å². The summed E-state index contributed by atoms with van der Waals surface area (Å²) in [7, 11) is 2.02. The first-order chi connectivity index (χ1) is 21.3. The number of carbonyl (C=O) groups excluding carboxylic acids is 1. The largest absolute Gasteiger partial charge is 0.508 e. The van der Waals surface area contributed by atoms with E-state index in [0.717, 1.165) is 40.0 Å². The smallest absolute Gasteiger partial charge is 0.329 e. The Morgan fingerprint density at radius 3 is 2.11 bits per heavy atom. The summed E-state index contributed by atoms with van der Waals surface area (Å²) in [5.74, 6) is -0.173. The number of likely N-dealkylation sites (N-methyl/N-ethyl adjacent to an activating group) is 1. The third-order valence-electron chi connectivity index (χ3n) is 6.69. The van der Waals surface area contributed by atoms with E-state index >= 15 is 0 Å². The molecule has 1 aromatic heterocycles. The molecular weight excluding hydrogens is 622 g/mol. The molecule has 4 rings (SSSR count). The zero-order chi connectivity index (χ0) is 31.3. The molecule has 45 heavy (non-hydrogen) atoms. The fraction of sp³-hybridized carbons (Fsp3) is 0.333. The van der Waals surface area contributed by atoms with Gasteiger partial charge in [-0.1, -0.05) is 0 Å². The van der Waals surface area contributed by atoms with E-state index < -0.39 is 5.97 Å². The number of carbonyl (C=O) groups is 2. The molecule has 0 atom stereocenters. The first kappa shape index (κ1) is 35.8. The van der Waals surface area contributed by atoms with E-state index in [1.54, 1.807) is 66.7 Å². The Labute approximate surface area is 272 Å². The number of halogens is 1. The number of fused-ring (bicyclic) bond motifs is 1. The monoisotopic (exact) mass is 659 g/mol. The summed E-state index contributed by atoms with van der Waals surface area (Å²) < 4.78 is 22.5. The maximum Gasteiger partial charge on any atom is 0.329 e. The second-order valence-corrected chi connectivity index (χ2v) is 11.1. The lowest BCUT2D eigenvalue weighted by Crippen LogP contribution is -2.26. The Hall–Kier alpha value is -3.71. The van der Waals surface area contributed by atoms with Gasteiger partial charge in [0.2, 0.25) is 0 Å². The van der Waals surface area contributed by atoms with Crippen molar-refractivity contribution in [1.29, 1.82) is 0 Å². The van der Waals surface area contributed by atoms with Gasteiger partial charge in [0.25, 0.3) is 0 Å². The van der Waals surface area contributed by atoms with Crippen LogP contribution in [0.15, 0.2) is 66.7 Å². The van der Waals surface area contributed by atoms with E-state index in [2.05, 4.69) is 4.90 Å². The van der Waals surface area contributed by atoms with Crippen LogP contribution in [0.3, 0.4) is 0 Å². The second kappa shape index (κ2) is 18.3. The van der Waals surface area contributed by atoms with Crippen molar-refractivity contribution in [2.75, 3.05) is 66.4 Å². The van der Waals surface area contributed by atoms with Gasteiger partial charge in [0.1, 0.15) is 30.5 Å². The molecule has 0 saturated heterocycles. The Morgan fingerprint density at radius 1 is 0.778 bits per heavy atom. The van der Waals surface area contributed by atoms with E-state index in [0.29, 0.717) is 49.9 Å². The molecule has 10 nitrogen and oxygen atoms in total. The highest BCUT2D eigenvalue weighted by atomic mass is 35.5. The summed E-state index contributed by atoms with van der Waals surface area (Å²) in [6.07, 6.45) is 0.859. The van der Waals surface area contributed by atoms with E-state index in [1.165, 1.54) is 11.3 Å². The summed E-state index contributed by atoms with van der Waals surface area (Å²) in [6, 6.07) is 18.8. The second-order valence-electron chi connectivity index (χ2n) is 10.1. The Morgan fingerprint density at radius 2 is 1.42 bits per heavy atom. The van der Waals surface area contributed by atoms with E-state index in [1.807, 2.05) is 7.05 Å². The van der Waals surface area contributed by atoms with Crippen LogP contribution in [0, 0.1) is 0 Å². The number of rotatable bonds is 19. The van der Waals surface area contributed by atoms with Gasteiger partial charge in [-0.3, -0.25) is 4.79 Å². The number of aliphatic carboxylic acids is 1. The number of carboxylic acid groups (broad SMARTS) is 1. The Balaban J connectivity index is 0.00000552. The highest BCUT2D eigenvalue weighted by molar-refractivity contribution is 7.22. The van der Waals surface area contributed by atoms with Gasteiger partial charge in [0, 0.05) is 45.8 Å². The van der Waals surface area contributed by atoms with Crippen LogP contribution in [0.2, 0.25) is 0 Å². The molecule has 0 unspecified atom stereocenters. The predicted octanol–water partition coefficient (Wildman–Crippen LogP) is 5.47. The first-order valence-corrected chi connectivity index (χ1v) is 15.1. The van der Waals surface area contributed by atoms with E-state index in [-0.39, 0.29) is 42.9 Å². The van der Waals surface area contributed by atoms with Gasteiger partial charge in [0.15, 0.2) is 5.78 Å². The molecule has 0 bridgehead atoms. The van der Waals surface area contributed by atoms with Gasteiger partial charge in [-0.25, -0.2) is 4.79 Å². The molecule has 0 aliphatic heterocycles.